The molecule has 1 aromatic heterocycles. The molecule has 5 nitrogen and oxygen atoms in total. The van der Waals surface area contributed by atoms with E-state index in [1.807, 2.05) is 7.05 Å². The summed E-state index contributed by atoms with van der Waals surface area (Å²) in [6.07, 6.45) is 4.88. The molecule has 0 bridgehead atoms. The first-order valence-corrected chi connectivity index (χ1v) is 6.54. The molecule has 1 fully saturated rings. The summed E-state index contributed by atoms with van der Waals surface area (Å²) in [6, 6.07) is 0.613. The number of thioether (sulfide) groups is 1. The van der Waals surface area contributed by atoms with Crippen LogP contribution in [0.4, 0.5) is 0 Å². The fourth-order valence-corrected chi connectivity index (χ4v) is 3.35. The molecule has 2 unspecified atom stereocenters. The van der Waals surface area contributed by atoms with Crippen molar-refractivity contribution >= 4 is 11.8 Å². The number of rotatable bonds is 3. The number of aromatic amines is 1. The van der Waals surface area contributed by atoms with Crippen LogP contribution in [0.1, 0.15) is 25.7 Å². The van der Waals surface area contributed by atoms with Gasteiger partial charge in [0.05, 0.1) is 0 Å². The van der Waals surface area contributed by atoms with Crippen molar-refractivity contribution < 1.29 is 0 Å². The van der Waals surface area contributed by atoms with E-state index in [0.29, 0.717) is 11.3 Å². The topological polar surface area (TPSA) is 62.7 Å². The summed E-state index contributed by atoms with van der Waals surface area (Å²) in [5.41, 5.74) is -0.136. The van der Waals surface area contributed by atoms with Crippen LogP contribution in [0.15, 0.2) is 9.95 Å². The Morgan fingerprint density at radius 3 is 3.00 bits per heavy atom. The van der Waals surface area contributed by atoms with Crippen molar-refractivity contribution in [2.75, 3.05) is 7.05 Å². The Labute approximate surface area is 99.0 Å². The van der Waals surface area contributed by atoms with Gasteiger partial charge in [0.15, 0.2) is 5.16 Å². The molecular formula is C10H18N4OS. The molecule has 1 aliphatic rings. The van der Waals surface area contributed by atoms with Crippen LogP contribution in [-0.2, 0) is 7.05 Å². The highest BCUT2D eigenvalue weighted by Gasteiger charge is 2.23. The van der Waals surface area contributed by atoms with Gasteiger partial charge in [0.25, 0.3) is 0 Å². The van der Waals surface area contributed by atoms with Crippen LogP contribution in [-0.4, -0.2) is 33.1 Å². The molecule has 0 aliphatic heterocycles. The van der Waals surface area contributed by atoms with E-state index in [1.54, 1.807) is 23.4 Å². The minimum absolute atomic E-state index is 0.136. The lowest BCUT2D eigenvalue weighted by Gasteiger charge is -2.27. The first kappa shape index (κ1) is 11.7. The first-order chi connectivity index (χ1) is 7.70. The third-order valence-corrected chi connectivity index (χ3v) is 4.48. The van der Waals surface area contributed by atoms with Gasteiger partial charge in [0.1, 0.15) is 0 Å². The van der Waals surface area contributed by atoms with Gasteiger partial charge in [-0.3, -0.25) is 4.57 Å². The Balaban J connectivity index is 1.99. The van der Waals surface area contributed by atoms with Crippen molar-refractivity contribution in [1.82, 2.24) is 20.1 Å². The van der Waals surface area contributed by atoms with Gasteiger partial charge in [-0.15, -0.1) is 5.10 Å². The molecule has 0 amide bonds. The lowest BCUT2D eigenvalue weighted by Crippen LogP contribution is -2.32. The zero-order chi connectivity index (χ0) is 11.5. The minimum Gasteiger partial charge on any atom is -0.317 e. The highest BCUT2D eigenvalue weighted by Crippen LogP contribution is 2.31. The summed E-state index contributed by atoms with van der Waals surface area (Å²) in [5.74, 6) is 0. The molecule has 1 aromatic rings. The predicted octanol–water partition coefficient (Wildman–Crippen LogP) is 0.731. The normalized spacial score (nSPS) is 25.9. The maximum absolute atomic E-state index is 11.2. The zero-order valence-corrected chi connectivity index (χ0v) is 10.5. The molecule has 1 saturated carbocycles. The Kier molecular flexibility index (Phi) is 3.70. The van der Waals surface area contributed by atoms with Crippen molar-refractivity contribution in [2.45, 2.75) is 42.1 Å². The minimum atomic E-state index is -0.136. The van der Waals surface area contributed by atoms with Crippen LogP contribution in [0, 0.1) is 0 Å². The maximum Gasteiger partial charge on any atom is 0.343 e. The van der Waals surface area contributed by atoms with Crippen molar-refractivity contribution in [2.24, 2.45) is 7.05 Å². The molecule has 2 N–H and O–H groups in total. The Morgan fingerprint density at radius 2 is 2.38 bits per heavy atom. The van der Waals surface area contributed by atoms with Crippen LogP contribution in [0.5, 0.6) is 0 Å². The summed E-state index contributed by atoms with van der Waals surface area (Å²) in [4.78, 5) is 11.2. The van der Waals surface area contributed by atoms with E-state index in [4.69, 9.17) is 0 Å². The summed E-state index contributed by atoms with van der Waals surface area (Å²) in [7, 11) is 3.77. The monoisotopic (exact) mass is 242 g/mol. The van der Waals surface area contributed by atoms with Crippen LogP contribution >= 0.6 is 11.8 Å². The number of nitrogens with one attached hydrogen (secondary N) is 2. The Hall–Kier alpha value is -0.750. The molecule has 90 valence electrons. The molecule has 0 aromatic carbocycles. The molecule has 6 heteroatoms. The molecule has 0 radical (unpaired) electrons. The molecule has 2 atom stereocenters. The van der Waals surface area contributed by atoms with Crippen molar-refractivity contribution in [1.29, 1.82) is 0 Å². The smallest absolute Gasteiger partial charge is 0.317 e. The quantitative estimate of drug-likeness (QED) is 0.820. The lowest BCUT2D eigenvalue weighted by atomic mass is 9.95. The van der Waals surface area contributed by atoms with E-state index in [9.17, 15) is 4.79 Å². The van der Waals surface area contributed by atoms with E-state index >= 15 is 0 Å². The third kappa shape index (κ3) is 2.49. The molecule has 2 rings (SSSR count). The summed E-state index contributed by atoms with van der Waals surface area (Å²) in [6.45, 7) is 0. The number of hydrogen-bond acceptors (Lipinski definition) is 4. The standard InChI is InChI=1S/C10H18N4OS/c1-11-7-4-3-5-8(6-7)16-10-13-12-9(15)14(10)2/h7-8,11H,3-6H2,1-2H3,(H,12,15). The SMILES string of the molecule is CNC1CCCC(Sc2n[nH]c(=O)n2C)C1. The van der Waals surface area contributed by atoms with Crippen molar-refractivity contribution in [3.05, 3.63) is 10.5 Å². The fourth-order valence-electron chi connectivity index (χ4n) is 2.10. The average molecular weight is 242 g/mol. The Morgan fingerprint density at radius 1 is 1.56 bits per heavy atom. The number of aromatic nitrogens is 3. The highest BCUT2D eigenvalue weighted by atomic mass is 32.2. The van der Waals surface area contributed by atoms with Crippen LogP contribution in [0.2, 0.25) is 0 Å². The zero-order valence-electron chi connectivity index (χ0n) is 9.69. The Bertz CT molecular complexity index is 400. The third-order valence-electron chi connectivity index (χ3n) is 3.15. The van der Waals surface area contributed by atoms with Crippen molar-refractivity contribution in [3.63, 3.8) is 0 Å². The second kappa shape index (κ2) is 5.05. The van der Waals surface area contributed by atoms with Gasteiger partial charge in [-0.25, -0.2) is 9.89 Å². The summed E-state index contributed by atoms with van der Waals surface area (Å²) in [5, 5.41) is 11.2. The van der Waals surface area contributed by atoms with E-state index in [-0.39, 0.29) is 5.69 Å². The highest BCUT2D eigenvalue weighted by molar-refractivity contribution is 7.99. The van der Waals surface area contributed by atoms with Gasteiger partial charge < -0.3 is 5.32 Å². The predicted molar refractivity (Wildman–Crippen MR) is 64.8 cm³/mol. The molecule has 1 aliphatic carbocycles. The number of nitrogens with zero attached hydrogens (tertiary/aromatic N) is 2. The molecule has 0 spiro atoms. The van der Waals surface area contributed by atoms with Gasteiger partial charge in [0.2, 0.25) is 0 Å². The molecule has 0 saturated heterocycles. The van der Waals surface area contributed by atoms with Crippen LogP contribution in [0.3, 0.4) is 0 Å². The number of H-pyrrole nitrogens is 1. The second-order valence-electron chi connectivity index (χ2n) is 4.26. The van der Waals surface area contributed by atoms with Gasteiger partial charge in [-0.2, -0.15) is 0 Å². The van der Waals surface area contributed by atoms with Crippen LogP contribution in [0.25, 0.3) is 0 Å². The maximum atomic E-state index is 11.2. The van der Waals surface area contributed by atoms with Gasteiger partial charge >= 0.3 is 5.69 Å². The second-order valence-corrected chi connectivity index (χ2v) is 5.53. The number of hydrogen-bond donors (Lipinski definition) is 2. The van der Waals surface area contributed by atoms with E-state index in [0.717, 1.165) is 11.6 Å². The molecule has 1 heterocycles. The van der Waals surface area contributed by atoms with E-state index in [1.165, 1.54) is 19.3 Å². The summed E-state index contributed by atoms with van der Waals surface area (Å²) >= 11 is 1.71. The summed E-state index contributed by atoms with van der Waals surface area (Å²) < 4.78 is 1.58. The first-order valence-electron chi connectivity index (χ1n) is 5.66. The largest absolute Gasteiger partial charge is 0.343 e. The fraction of sp³-hybridized carbons (Fsp3) is 0.800. The lowest BCUT2D eigenvalue weighted by molar-refractivity contribution is 0.402. The van der Waals surface area contributed by atoms with Crippen LogP contribution < -0.4 is 11.0 Å². The molecular weight excluding hydrogens is 224 g/mol. The average Bonchev–Trinajstić information content (AvgIpc) is 2.61. The molecule has 16 heavy (non-hydrogen) atoms. The van der Waals surface area contributed by atoms with E-state index < -0.39 is 0 Å². The van der Waals surface area contributed by atoms with Gasteiger partial charge in [0, 0.05) is 18.3 Å². The van der Waals surface area contributed by atoms with Gasteiger partial charge in [-0.1, -0.05) is 18.2 Å². The van der Waals surface area contributed by atoms with E-state index in [2.05, 4.69) is 15.5 Å². The van der Waals surface area contributed by atoms with Crippen molar-refractivity contribution in [3.8, 4) is 0 Å². The van der Waals surface area contributed by atoms with Gasteiger partial charge in [-0.05, 0) is 26.3 Å².